The summed E-state index contributed by atoms with van der Waals surface area (Å²) in [7, 11) is 1.68. The Balaban J connectivity index is 1.83. The summed E-state index contributed by atoms with van der Waals surface area (Å²) in [6.07, 6.45) is 0. The first kappa shape index (κ1) is 23.3. The highest BCUT2D eigenvalue weighted by atomic mass is 19.1. The van der Waals surface area contributed by atoms with Gasteiger partial charge >= 0.3 is 0 Å². The van der Waals surface area contributed by atoms with Gasteiger partial charge in [0.25, 0.3) is 0 Å². The zero-order chi connectivity index (χ0) is 22.5. The van der Waals surface area contributed by atoms with Crippen molar-refractivity contribution in [2.75, 3.05) is 26.7 Å². The van der Waals surface area contributed by atoms with Gasteiger partial charge in [0.05, 0.1) is 7.11 Å². The molecule has 1 fully saturated rings. The van der Waals surface area contributed by atoms with Crippen LogP contribution in [0.25, 0.3) is 0 Å². The Hall–Kier alpha value is -2.40. The lowest BCUT2D eigenvalue weighted by Crippen LogP contribution is -2.43. The van der Waals surface area contributed by atoms with Crippen LogP contribution in [-0.4, -0.2) is 48.5 Å². The molecule has 0 saturated carbocycles. The van der Waals surface area contributed by atoms with Gasteiger partial charge in [-0.25, -0.2) is 4.39 Å². The highest BCUT2D eigenvalue weighted by Crippen LogP contribution is 2.35. The van der Waals surface area contributed by atoms with Crippen molar-refractivity contribution in [3.8, 4) is 5.75 Å². The average molecular weight is 427 g/mol. The minimum atomic E-state index is -0.207. The quantitative estimate of drug-likeness (QED) is 0.599. The molecule has 1 saturated heterocycles. The first-order valence-electron chi connectivity index (χ1n) is 11.2. The SMILES string of the molecule is COc1cccc(CN2C[C@@H](CN(C(=O)C(C)C)C(C)C)[C@@H](c3cccc(F)c3)C2)c1. The number of ether oxygens (including phenoxy) is 1. The molecule has 3 rings (SSSR count). The van der Waals surface area contributed by atoms with Crippen LogP contribution in [0.4, 0.5) is 4.39 Å². The van der Waals surface area contributed by atoms with E-state index in [2.05, 4.69) is 30.9 Å². The van der Waals surface area contributed by atoms with E-state index in [1.54, 1.807) is 19.2 Å². The minimum absolute atomic E-state index is 0.0377. The fraction of sp³-hybridized carbons (Fsp3) is 0.500. The molecule has 2 aromatic rings. The van der Waals surface area contributed by atoms with Gasteiger partial charge in [0.1, 0.15) is 11.6 Å². The van der Waals surface area contributed by atoms with Crippen LogP contribution in [0.1, 0.15) is 44.7 Å². The molecule has 0 aromatic heterocycles. The number of benzene rings is 2. The van der Waals surface area contributed by atoms with Crippen LogP contribution in [-0.2, 0) is 11.3 Å². The molecule has 0 bridgehead atoms. The molecule has 1 heterocycles. The molecule has 5 heteroatoms. The summed E-state index contributed by atoms with van der Waals surface area (Å²) in [5.74, 6) is 1.22. The summed E-state index contributed by atoms with van der Waals surface area (Å²) in [5.41, 5.74) is 2.20. The van der Waals surface area contributed by atoms with E-state index in [1.807, 2.05) is 36.9 Å². The second-order valence-electron chi connectivity index (χ2n) is 9.21. The van der Waals surface area contributed by atoms with E-state index in [-0.39, 0.29) is 35.5 Å². The van der Waals surface area contributed by atoms with Crippen molar-refractivity contribution in [2.24, 2.45) is 11.8 Å². The van der Waals surface area contributed by atoms with E-state index in [9.17, 15) is 9.18 Å². The van der Waals surface area contributed by atoms with Gasteiger partial charge in [-0.2, -0.15) is 0 Å². The van der Waals surface area contributed by atoms with Crippen LogP contribution in [0.3, 0.4) is 0 Å². The molecule has 2 atom stereocenters. The topological polar surface area (TPSA) is 32.8 Å². The Kier molecular flexibility index (Phi) is 7.71. The molecule has 31 heavy (non-hydrogen) atoms. The second kappa shape index (κ2) is 10.3. The lowest BCUT2D eigenvalue weighted by molar-refractivity contribution is -0.136. The fourth-order valence-corrected chi connectivity index (χ4v) is 4.56. The van der Waals surface area contributed by atoms with Crippen molar-refractivity contribution in [1.29, 1.82) is 0 Å². The Morgan fingerprint density at radius 3 is 2.52 bits per heavy atom. The number of carbonyl (C=O) groups is 1. The Bertz CT molecular complexity index is 883. The molecule has 0 N–H and O–H groups in total. The van der Waals surface area contributed by atoms with Crippen LogP contribution in [0.15, 0.2) is 48.5 Å². The Labute approximate surface area is 186 Å². The van der Waals surface area contributed by atoms with Crippen LogP contribution in [0.5, 0.6) is 5.75 Å². The number of nitrogens with zero attached hydrogens (tertiary/aromatic N) is 2. The van der Waals surface area contributed by atoms with Gasteiger partial charge < -0.3 is 9.64 Å². The summed E-state index contributed by atoms with van der Waals surface area (Å²) in [5, 5.41) is 0. The molecular weight excluding hydrogens is 391 g/mol. The van der Waals surface area contributed by atoms with Crippen LogP contribution < -0.4 is 4.74 Å². The maximum absolute atomic E-state index is 14.0. The third kappa shape index (κ3) is 5.85. The van der Waals surface area contributed by atoms with E-state index in [4.69, 9.17) is 4.74 Å². The number of methoxy groups -OCH3 is 1. The van der Waals surface area contributed by atoms with Gasteiger partial charge in [0.15, 0.2) is 0 Å². The largest absolute Gasteiger partial charge is 0.497 e. The molecule has 0 radical (unpaired) electrons. The van der Waals surface area contributed by atoms with Crippen molar-refractivity contribution < 1.29 is 13.9 Å². The average Bonchev–Trinajstić information content (AvgIpc) is 3.13. The Morgan fingerprint density at radius 2 is 1.87 bits per heavy atom. The molecular formula is C26H35FN2O2. The zero-order valence-corrected chi connectivity index (χ0v) is 19.3. The predicted octanol–water partition coefficient (Wildman–Crippen LogP) is 4.94. The van der Waals surface area contributed by atoms with Crippen LogP contribution in [0.2, 0.25) is 0 Å². The molecule has 2 aromatic carbocycles. The van der Waals surface area contributed by atoms with Crippen LogP contribution in [0, 0.1) is 17.7 Å². The normalized spacial score (nSPS) is 19.2. The molecule has 0 spiro atoms. The van der Waals surface area contributed by atoms with Gasteiger partial charge in [0, 0.05) is 44.1 Å². The van der Waals surface area contributed by atoms with Crippen LogP contribution >= 0.6 is 0 Å². The van der Waals surface area contributed by atoms with Crippen molar-refractivity contribution in [3.63, 3.8) is 0 Å². The summed E-state index contributed by atoms with van der Waals surface area (Å²) in [4.78, 5) is 17.3. The fourth-order valence-electron chi connectivity index (χ4n) is 4.56. The number of hydrogen-bond donors (Lipinski definition) is 0. The maximum Gasteiger partial charge on any atom is 0.225 e. The molecule has 1 amide bonds. The molecule has 0 aliphatic carbocycles. The predicted molar refractivity (Wildman–Crippen MR) is 123 cm³/mol. The summed E-state index contributed by atoms with van der Waals surface area (Å²) in [6.45, 7) is 11.2. The van der Waals surface area contributed by atoms with Crippen molar-refractivity contribution in [1.82, 2.24) is 9.80 Å². The molecule has 4 nitrogen and oxygen atoms in total. The number of halogens is 1. The highest BCUT2D eigenvalue weighted by molar-refractivity contribution is 5.78. The lowest BCUT2D eigenvalue weighted by atomic mass is 9.88. The maximum atomic E-state index is 14.0. The van der Waals surface area contributed by atoms with Gasteiger partial charge in [-0.15, -0.1) is 0 Å². The third-order valence-electron chi connectivity index (χ3n) is 6.17. The summed E-state index contributed by atoms with van der Waals surface area (Å²) >= 11 is 0. The van der Waals surface area contributed by atoms with E-state index < -0.39 is 0 Å². The number of likely N-dealkylation sites (tertiary alicyclic amines) is 1. The van der Waals surface area contributed by atoms with Gasteiger partial charge in [-0.1, -0.05) is 38.1 Å². The van der Waals surface area contributed by atoms with Gasteiger partial charge in [-0.05, 0) is 55.2 Å². The van der Waals surface area contributed by atoms with Crippen molar-refractivity contribution in [3.05, 3.63) is 65.5 Å². The van der Waals surface area contributed by atoms with Gasteiger partial charge in [-0.3, -0.25) is 9.69 Å². The molecule has 0 unspecified atom stereocenters. The lowest BCUT2D eigenvalue weighted by Gasteiger charge is -2.33. The highest BCUT2D eigenvalue weighted by Gasteiger charge is 2.36. The van der Waals surface area contributed by atoms with E-state index in [1.165, 1.54) is 11.6 Å². The second-order valence-corrected chi connectivity index (χ2v) is 9.21. The smallest absolute Gasteiger partial charge is 0.225 e. The molecule has 1 aliphatic rings. The number of hydrogen-bond acceptors (Lipinski definition) is 3. The first-order valence-corrected chi connectivity index (χ1v) is 11.2. The van der Waals surface area contributed by atoms with Crippen molar-refractivity contribution >= 4 is 5.91 Å². The summed E-state index contributed by atoms with van der Waals surface area (Å²) < 4.78 is 19.4. The number of rotatable bonds is 8. The third-order valence-corrected chi connectivity index (χ3v) is 6.17. The van der Waals surface area contributed by atoms with Gasteiger partial charge in [0.2, 0.25) is 5.91 Å². The number of amides is 1. The molecule has 168 valence electrons. The molecule has 1 aliphatic heterocycles. The number of carbonyl (C=O) groups excluding carboxylic acids is 1. The Morgan fingerprint density at radius 1 is 1.13 bits per heavy atom. The van der Waals surface area contributed by atoms with Crippen molar-refractivity contribution in [2.45, 2.75) is 46.2 Å². The van der Waals surface area contributed by atoms with E-state index >= 15 is 0 Å². The van der Waals surface area contributed by atoms with E-state index in [0.717, 1.165) is 30.9 Å². The standard InChI is InChI=1S/C26H35FN2O2/c1-18(2)26(30)29(19(3)4)16-22-15-28(14-20-8-6-11-24(12-20)31-5)17-25(22)21-9-7-10-23(27)13-21/h6-13,18-19,22,25H,14-17H2,1-5H3/t22-,25+/m0/s1. The van der Waals surface area contributed by atoms with E-state index in [0.29, 0.717) is 6.54 Å². The zero-order valence-electron chi connectivity index (χ0n) is 19.3. The summed E-state index contributed by atoms with van der Waals surface area (Å²) in [6, 6.07) is 15.2. The minimum Gasteiger partial charge on any atom is -0.497 e. The first-order chi connectivity index (χ1) is 14.8. The monoisotopic (exact) mass is 426 g/mol.